The Morgan fingerprint density at radius 1 is 1.04 bits per heavy atom. The van der Waals surface area contributed by atoms with Crippen LogP contribution in [0.2, 0.25) is 0 Å². The molecule has 0 atom stereocenters. The quantitative estimate of drug-likeness (QED) is 0.322. The molecule has 144 valence electrons. The zero-order valence-corrected chi connectivity index (χ0v) is 15.9. The smallest absolute Gasteiger partial charge is 0.151 e. The highest BCUT2D eigenvalue weighted by molar-refractivity contribution is 5.91. The summed E-state index contributed by atoms with van der Waals surface area (Å²) in [4.78, 5) is 14.7. The van der Waals surface area contributed by atoms with Crippen molar-refractivity contribution in [1.82, 2.24) is 4.98 Å². The number of halogens is 1. The monoisotopic (exact) mass is 380 g/mol. The molecule has 0 aliphatic rings. The van der Waals surface area contributed by atoms with E-state index in [0.717, 1.165) is 11.1 Å². The Bertz CT molecular complexity index is 997. The van der Waals surface area contributed by atoms with Crippen LogP contribution < -0.4 is 4.74 Å². The molecule has 0 aliphatic heterocycles. The third-order valence-electron chi connectivity index (χ3n) is 4.21. The van der Waals surface area contributed by atoms with E-state index in [1.54, 1.807) is 24.4 Å². The topological polar surface area (TPSA) is 64.4 Å². The maximum atomic E-state index is 13.1. The molecule has 0 saturated carbocycles. The molecule has 28 heavy (non-hydrogen) atoms. The average molecular weight is 380 g/mol. The summed E-state index contributed by atoms with van der Waals surface area (Å²) in [6, 6.07) is 12.3. The van der Waals surface area contributed by atoms with Crippen LogP contribution >= 0.6 is 0 Å². The van der Waals surface area contributed by atoms with Crippen LogP contribution in [0.4, 0.5) is 4.39 Å². The lowest BCUT2D eigenvalue weighted by Gasteiger charge is -2.14. The van der Waals surface area contributed by atoms with Crippen molar-refractivity contribution in [2.24, 2.45) is 0 Å². The molecule has 3 rings (SSSR count). The van der Waals surface area contributed by atoms with Gasteiger partial charge in [-0.3, -0.25) is 4.98 Å². The molecule has 1 heterocycles. The Balaban J connectivity index is 2.02. The highest BCUT2D eigenvalue weighted by Gasteiger charge is 2.16. The van der Waals surface area contributed by atoms with Crippen LogP contribution in [0.5, 0.6) is 5.75 Å². The van der Waals surface area contributed by atoms with E-state index in [0.29, 0.717) is 47.4 Å². The molecule has 0 saturated heterocycles. The van der Waals surface area contributed by atoms with Gasteiger partial charge in [-0.2, -0.15) is 5.26 Å². The number of pyridine rings is 1. The molecular formula is C22H21FN2O3. The number of ether oxygens (including phenoxy) is 1. The number of hydrogen-bond donors (Lipinski definition) is 0. The Kier molecular flexibility index (Phi) is 6.53. The third kappa shape index (κ3) is 4.45. The Hall–Kier alpha value is -3.01. The minimum atomic E-state index is -0.268. The van der Waals surface area contributed by atoms with Crippen molar-refractivity contribution >= 4 is 10.9 Å². The van der Waals surface area contributed by atoms with Crippen molar-refractivity contribution in [2.75, 3.05) is 13.2 Å². The SMILES string of the molecule is CCOOCc1cc(C#N)c2cc(Cc3ccc(F)cc3)cnc2c1OCC. The van der Waals surface area contributed by atoms with E-state index in [-0.39, 0.29) is 12.4 Å². The van der Waals surface area contributed by atoms with Crippen molar-refractivity contribution < 1.29 is 18.9 Å². The van der Waals surface area contributed by atoms with Crippen molar-refractivity contribution in [3.05, 3.63) is 70.7 Å². The van der Waals surface area contributed by atoms with Crippen LogP contribution in [-0.2, 0) is 22.8 Å². The lowest BCUT2D eigenvalue weighted by atomic mass is 10.00. The van der Waals surface area contributed by atoms with E-state index in [4.69, 9.17) is 14.5 Å². The van der Waals surface area contributed by atoms with Crippen molar-refractivity contribution in [1.29, 1.82) is 5.26 Å². The summed E-state index contributed by atoms with van der Waals surface area (Å²) in [5.74, 6) is 0.319. The van der Waals surface area contributed by atoms with Gasteiger partial charge in [0.2, 0.25) is 0 Å². The molecule has 0 fully saturated rings. The molecule has 6 heteroatoms. The summed E-state index contributed by atoms with van der Waals surface area (Å²) in [5, 5.41) is 10.3. The summed E-state index contributed by atoms with van der Waals surface area (Å²) in [6.45, 7) is 4.76. The van der Waals surface area contributed by atoms with Gasteiger partial charge in [0.1, 0.15) is 17.9 Å². The summed E-state index contributed by atoms with van der Waals surface area (Å²) >= 11 is 0. The van der Waals surface area contributed by atoms with Crippen LogP contribution in [0.1, 0.15) is 36.1 Å². The maximum absolute atomic E-state index is 13.1. The molecule has 5 nitrogen and oxygen atoms in total. The number of fused-ring (bicyclic) bond motifs is 1. The first-order valence-electron chi connectivity index (χ1n) is 9.12. The number of nitrogens with zero attached hydrogens (tertiary/aromatic N) is 2. The average Bonchev–Trinajstić information content (AvgIpc) is 2.71. The number of benzene rings is 2. The second kappa shape index (κ2) is 9.27. The summed E-state index contributed by atoms with van der Waals surface area (Å²) < 4.78 is 18.9. The summed E-state index contributed by atoms with van der Waals surface area (Å²) in [6.07, 6.45) is 2.34. The van der Waals surface area contributed by atoms with Crippen LogP contribution in [0.3, 0.4) is 0 Å². The first kappa shape index (κ1) is 19.7. The van der Waals surface area contributed by atoms with E-state index in [9.17, 15) is 9.65 Å². The van der Waals surface area contributed by atoms with Gasteiger partial charge in [0.15, 0.2) is 5.75 Å². The van der Waals surface area contributed by atoms with E-state index < -0.39 is 0 Å². The molecule has 0 amide bonds. The van der Waals surface area contributed by atoms with Crippen LogP contribution in [-0.4, -0.2) is 18.2 Å². The zero-order chi connectivity index (χ0) is 19.9. The molecule has 0 N–H and O–H groups in total. The van der Waals surface area contributed by atoms with Gasteiger partial charge in [-0.05, 0) is 55.7 Å². The van der Waals surface area contributed by atoms with Crippen LogP contribution in [0.25, 0.3) is 10.9 Å². The van der Waals surface area contributed by atoms with Gasteiger partial charge in [0.25, 0.3) is 0 Å². The van der Waals surface area contributed by atoms with E-state index in [2.05, 4.69) is 11.1 Å². The Morgan fingerprint density at radius 3 is 2.50 bits per heavy atom. The molecule has 0 bridgehead atoms. The van der Waals surface area contributed by atoms with Gasteiger partial charge >= 0.3 is 0 Å². The predicted octanol–water partition coefficient (Wildman–Crippen LogP) is 4.70. The van der Waals surface area contributed by atoms with Gasteiger partial charge in [-0.15, -0.1) is 0 Å². The van der Waals surface area contributed by atoms with Gasteiger partial charge in [-0.1, -0.05) is 12.1 Å². The largest absolute Gasteiger partial charge is 0.491 e. The van der Waals surface area contributed by atoms with Crippen LogP contribution in [0, 0.1) is 17.1 Å². The van der Waals surface area contributed by atoms with Crippen LogP contribution in [0.15, 0.2) is 42.6 Å². The summed E-state index contributed by atoms with van der Waals surface area (Å²) in [5.41, 5.74) is 3.70. The van der Waals surface area contributed by atoms with Gasteiger partial charge in [0.05, 0.1) is 24.8 Å². The normalized spacial score (nSPS) is 10.8. The Labute approximate surface area is 163 Å². The van der Waals surface area contributed by atoms with Gasteiger partial charge in [0, 0.05) is 17.1 Å². The van der Waals surface area contributed by atoms with Crippen molar-refractivity contribution in [3.63, 3.8) is 0 Å². The third-order valence-corrected chi connectivity index (χ3v) is 4.21. The predicted molar refractivity (Wildman–Crippen MR) is 103 cm³/mol. The number of rotatable bonds is 8. The van der Waals surface area contributed by atoms with E-state index in [1.807, 2.05) is 19.9 Å². The van der Waals surface area contributed by atoms with E-state index in [1.165, 1.54) is 12.1 Å². The molecule has 1 aromatic heterocycles. The van der Waals surface area contributed by atoms with E-state index >= 15 is 0 Å². The second-order valence-corrected chi connectivity index (χ2v) is 6.17. The molecule has 0 aliphatic carbocycles. The lowest BCUT2D eigenvalue weighted by molar-refractivity contribution is -0.300. The number of aromatic nitrogens is 1. The number of hydrogen-bond acceptors (Lipinski definition) is 5. The molecular weight excluding hydrogens is 359 g/mol. The fourth-order valence-corrected chi connectivity index (χ4v) is 2.99. The molecule has 0 radical (unpaired) electrons. The zero-order valence-electron chi connectivity index (χ0n) is 15.9. The minimum Gasteiger partial charge on any atom is -0.491 e. The molecule has 0 unspecified atom stereocenters. The summed E-state index contributed by atoms with van der Waals surface area (Å²) in [7, 11) is 0. The second-order valence-electron chi connectivity index (χ2n) is 6.17. The highest BCUT2D eigenvalue weighted by Crippen LogP contribution is 2.33. The maximum Gasteiger partial charge on any atom is 0.151 e. The molecule has 0 spiro atoms. The highest BCUT2D eigenvalue weighted by atomic mass is 19.1. The molecule has 3 aromatic rings. The van der Waals surface area contributed by atoms with Gasteiger partial charge < -0.3 is 4.74 Å². The van der Waals surface area contributed by atoms with Crippen molar-refractivity contribution in [3.8, 4) is 11.8 Å². The lowest BCUT2D eigenvalue weighted by Crippen LogP contribution is -2.03. The first-order chi connectivity index (χ1) is 13.7. The van der Waals surface area contributed by atoms with Gasteiger partial charge in [-0.25, -0.2) is 14.2 Å². The first-order valence-corrected chi connectivity index (χ1v) is 9.12. The fraction of sp³-hybridized carbons (Fsp3) is 0.273. The standard InChI is InChI=1S/C22H21FN2O3/c1-3-26-22-18(14-28-27-4-2)11-17(12-24)20-10-16(13-25-21(20)22)9-15-5-7-19(23)8-6-15/h5-8,10-11,13H,3-4,9,14H2,1-2H3. The minimum absolute atomic E-state index is 0.160. The Morgan fingerprint density at radius 2 is 1.82 bits per heavy atom. The molecule has 2 aromatic carbocycles. The van der Waals surface area contributed by atoms with Crippen molar-refractivity contribution in [2.45, 2.75) is 26.9 Å². The number of nitriles is 1. The fourth-order valence-electron chi connectivity index (χ4n) is 2.99.